The third-order valence-corrected chi connectivity index (χ3v) is 5.26. The number of likely N-dealkylation sites (N-methyl/N-ethyl adjacent to an activating group) is 1. The Bertz CT molecular complexity index is 722. The van der Waals surface area contributed by atoms with Crippen LogP contribution in [0.4, 0.5) is 5.69 Å². The predicted octanol–water partition coefficient (Wildman–Crippen LogP) is 2.47. The molecule has 1 saturated heterocycles. The number of amides is 1. The summed E-state index contributed by atoms with van der Waals surface area (Å²) >= 11 is 0. The molecule has 1 unspecified atom stereocenters. The van der Waals surface area contributed by atoms with Crippen molar-refractivity contribution in [2.24, 2.45) is 0 Å². The Kier molecular flexibility index (Phi) is 6.48. The Balaban J connectivity index is 1.74. The van der Waals surface area contributed by atoms with Crippen molar-refractivity contribution in [3.8, 4) is 0 Å². The van der Waals surface area contributed by atoms with E-state index in [-0.39, 0.29) is 11.9 Å². The molecule has 27 heavy (non-hydrogen) atoms. The molecule has 1 fully saturated rings. The van der Waals surface area contributed by atoms with E-state index in [4.69, 9.17) is 0 Å². The maximum atomic E-state index is 12.5. The van der Waals surface area contributed by atoms with Crippen LogP contribution in [0.3, 0.4) is 0 Å². The summed E-state index contributed by atoms with van der Waals surface area (Å²) in [5.74, 6) is -0.0142. The molecule has 5 heteroatoms. The predicted molar refractivity (Wildman–Crippen MR) is 111 cm³/mol. The minimum Gasteiger partial charge on any atom is -0.378 e. The van der Waals surface area contributed by atoms with Crippen LogP contribution in [0, 0.1) is 0 Å². The van der Waals surface area contributed by atoms with Gasteiger partial charge in [-0.25, -0.2) is 0 Å². The van der Waals surface area contributed by atoms with Crippen LogP contribution < -0.4 is 10.2 Å². The van der Waals surface area contributed by atoms with Crippen molar-refractivity contribution in [2.45, 2.75) is 6.04 Å². The van der Waals surface area contributed by atoms with Gasteiger partial charge in [0.15, 0.2) is 0 Å². The molecule has 2 aromatic carbocycles. The highest BCUT2D eigenvalue weighted by Crippen LogP contribution is 2.24. The van der Waals surface area contributed by atoms with Gasteiger partial charge in [0.25, 0.3) is 5.91 Å². The maximum absolute atomic E-state index is 12.5. The minimum absolute atomic E-state index is 0.0142. The Hall–Kier alpha value is -2.37. The van der Waals surface area contributed by atoms with Gasteiger partial charge in [-0.15, -0.1) is 0 Å². The summed E-state index contributed by atoms with van der Waals surface area (Å²) in [7, 11) is 6.26. The van der Waals surface area contributed by atoms with E-state index < -0.39 is 0 Å². The van der Waals surface area contributed by atoms with Crippen molar-refractivity contribution in [2.75, 3.05) is 58.8 Å². The number of carbonyl (C=O) groups is 1. The number of nitrogens with one attached hydrogen (secondary N) is 1. The van der Waals surface area contributed by atoms with E-state index in [2.05, 4.69) is 51.3 Å². The molecule has 0 spiro atoms. The SMILES string of the molecule is CN1CCN(C(CNC(=O)c2ccccc2)c2ccc(N(C)C)cc2)CC1. The largest absolute Gasteiger partial charge is 0.378 e. The number of nitrogens with zero attached hydrogens (tertiary/aromatic N) is 3. The first kappa shape index (κ1) is 19.4. The molecule has 0 aliphatic carbocycles. The van der Waals surface area contributed by atoms with E-state index in [0.29, 0.717) is 12.1 Å². The fourth-order valence-electron chi connectivity index (χ4n) is 3.47. The quantitative estimate of drug-likeness (QED) is 0.852. The van der Waals surface area contributed by atoms with Crippen LogP contribution in [0.15, 0.2) is 54.6 Å². The molecule has 1 aliphatic heterocycles. The first-order chi connectivity index (χ1) is 13.0. The number of hydrogen-bond donors (Lipinski definition) is 1. The molecule has 3 rings (SSSR count). The number of hydrogen-bond acceptors (Lipinski definition) is 4. The highest BCUT2D eigenvalue weighted by atomic mass is 16.1. The number of piperazine rings is 1. The van der Waals surface area contributed by atoms with Gasteiger partial charge in [-0.05, 0) is 36.9 Å². The monoisotopic (exact) mass is 366 g/mol. The zero-order chi connectivity index (χ0) is 19.2. The summed E-state index contributed by atoms with van der Waals surface area (Å²) in [5, 5.41) is 3.14. The summed E-state index contributed by atoms with van der Waals surface area (Å²) in [6.07, 6.45) is 0. The third-order valence-electron chi connectivity index (χ3n) is 5.26. The number of rotatable bonds is 6. The lowest BCUT2D eigenvalue weighted by molar-refractivity contribution is 0.0886. The summed E-state index contributed by atoms with van der Waals surface area (Å²) in [6.45, 7) is 4.74. The topological polar surface area (TPSA) is 38.8 Å². The highest BCUT2D eigenvalue weighted by Gasteiger charge is 2.24. The molecular formula is C22H30N4O. The van der Waals surface area contributed by atoms with Gasteiger partial charge in [0.1, 0.15) is 0 Å². The van der Waals surface area contributed by atoms with Crippen molar-refractivity contribution in [3.63, 3.8) is 0 Å². The van der Waals surface area contributed by atoms with Crippen LogP contribution in [-0.4, -0.2) is 69.6 Å². The fraction of sp³-hybridized carbons (Fsp3) is 0.409. The lowest BCUT2D eigenvalue weighted by atomic mass is 10.0. The average Bonchev–Trinajstić information content (AvgIpc) is 2.70. The Labute approximate surface area is 162 Å². The van der Waals surface area contributed by atoms with Crippen LogP contribution in [0.5, 0.6) is 0 Å². The Morgan fingerprint density at radius 2 is 1.63 bits per heavy atom. The number of benzene rings is 2. The van der Waals surface area contributed by atoms with Crippen molar-refractivity contribution in [3.05, 3.63) is 65.7 Å². The maximum Gasteiger partial charge on any atom is 0.251 e. The molecule has 0 aromatic heterocycles. The molecular weight excluding hydrogens is 336 g/mol. The zero-order valence-corrected chi connectivity index (χ0v) is 16.6. The lowest BCUT2D eigenvalue weighted by Crippen LogP contribution is -2.48. The van der Waals surface area contributed by atoms with Crippen molar-refractivity contribution < 1.29 is 4.79 Å². The fourth-order valence-corrected chi connectivity index (χ4v) is 3.47. The van der Waals surface area contributed by atoms with Gasteiger partial charge >= 0.3 is 0 Å². The summed E-state index contributed by atoms with van der Waals surface area (Å²) < 4.78 is 0. The van der Waals surface area contributed by atoms with Crippen LogP contribution in [-0.2, 0) is 0 Å². The molecule has 1 heterocycles. The van der Waals surface area contributed by atoms with Gasteiger partial charge in [0.05, 0.1) is 6.04 Å². The molecule has 0 saturated carbocycles. The second kappa shape index (κ2) is 9.02. The van der Waals surface area contributed by atoms with Crippen LogP contribution in [0.25, 0.3) is 0 Å². The zero-order valence-electron chi connectivity index (χ0n) is 16.6. The number of carbonyl (C=O) groups excluding carboxylic acids is 1. The smallest absolute Gasteiger partial charge is 0.251 e. The molecule has 1 atom stereocenters. The summed E-state index contributed by atoms with van der Waals surface area (Å²) in [5.41, 5.74) is 3.14. The number of anilines is 1. The lowest BCUT2D eigenvalue weighted by Gasteiger charge is -2.38. The van der Waals surface area contributed by atoms with Gasteiger partial charge in [-0.1, -0.05) is 30.3 Å². The normalized spacial score (nSPS) is 16.7. The Morgan fingerprint density at radius 3 is 2.22 bits per heavy atom. The summed E-state index contributed by atoms with van der Waals surface area (Å²) in [4.78, 5) is 19.5. The van der Waals surface area contributed by atoms with E-state index in [1.165, 1.54) is 11.3 Å². The molecule has 0 bridgehead atoms. The van der Waals surface area contributed by atoms with Crippen LogP contribution in [0.2, 0.25) is 0 Å². The standard InChI is InChI=1S/C22H30N4O/c1-24(2)20-11-9-18(10-12-20)21(26-15-13-25(3)14-16-26)17-23-22(27)19-7-5-4-6-8-19/h4-12,21H,13-17H2,1-3H3,(H,23,27). The molecule has 2 aromatic rings. The van der Waals surface area contributed by atoms with Gasteiger partial charge in [0.2, 0.25) is 0 Å². The second-order valence-electron chi connectivity index (χ2n) is 7.42. The van der Waals surface area contributed by atoms with E-state index in [1.54, 1.807) is 0 Å². The summed E-state index contributed by atoms with van der Waals surface area (Å²) in [6, 6.07) is 18.3. The van der Waals surface area contributed by atoms with Crippen molar-refractivity contribution in [1.29, 1.82) is 0 Å². The van der Waals surface area contributed by atoms with Gasteiger partial charge in [-0.3, -0.25) is 9.69 Å². The minimum atomic E-state index is -0.0142. The Morgan fingerprint density at radius 1 is 1.00 bits per heavy atom. The second-order valence-corrected chi connectivity index (χ2v) is 7.42. The highest BCUT2D eigenvalue weighted by molar-refractivity contribution is 5.94. The van der Waals surface area contributed by atoms with Crippen LogP contribution >= 0.6 is 0 Å². The van der Waals surface area contributed by atoms with E-state index in [1.807, 2.05) is 44.4 Å². The molecule has 1 N–H and O–H groups in total. The molecule has 1 amide bonds. The van der Waals surface area contributed by atoms with Gasteiger partial charge < -0.3 is 15.1 Å². The van der Waals surface area contributed by atoms with Crippen molar-refractivity contribution in [1.82, 2.24) is 15.1 Å². The van der Waals surface area contributed by atoms with E-state index in [9.17, 15) is 4.79 Å². The van der Waals surface area contributed by atoms with Gasteiger partial charge in [0, 0.05) is 58.1 Å². The van der Waals surface area contributed by atoms with Gasteiger partial charge in [-0.2, -0.15) is 0 Å². The van der Waals surface area contributed by atoms with E-state index in [0.717, 1.165) is 26.2 Å². The first-order valence-corrected chi connectivity index (χ1v) is 9.58. The van der Waals surface area contributed by atoms with E-state index >= 15 is 0 Å². The third kappa shape index (κ3) is 5.08. The first-order valence-electron chi connectivity index (χ1n) is 9.58. The van der Waals surface area contributed by atoms with Crippen molar-refractivity contribution >= 4 is 11.6 Å². The molecule has 5 nitrogen and oxygen atoms in total. The average molecular weight is 367 g/mol. The molecule has 0 radical (unpaired) electrons. The molecule has 1 aliphatic rings. The van der Waals surface area contributed by atoms with Crippen LogP contribution in [0.1, 0.15) is 22.0 Å². The molecule has 144 valence electrons.